The van der Waals surface area contributed by atoms with E-state index < -0.39 is 11.9 Å². The number of rotatable bonds is 4. The first-order valence-electron chi connectivity index (χ1n) is 10.4. The molecular formula is C25H26N4O4. The van der Waals surface area contributed by atoms with E-state index in [0.29, 0.717) is 23.7 Å². The molecule has 0 unspecified atom stereocenters. The van der Waals surface area contributed by atoms with E-state index in [0.717, 1.165) is 28.9 Å². The van der Waals surface area contributed by atoms with Crippen molar-refractivity contribution < 1.29 is 18.7 Å². The summed E-state index contributed by atoms with van der Waals surface area (Å²) >= 11 is 0. The fourth-order valence-electron chi connectivity index (χ4n) is 3.94. The van der Waals surface area contributed by atoms with Crippen LogP contribution >= 0.6 is 0 Å². The van der Waals surface area contributed by atoms with Crippen LogP contribution in [0.15, 0.2) is 58.1 Å². The average molecular weight is 447 g/mol. The highest BCUT2D eigenvalue weighted by molar-refractivity contribution is 6.03. The van der Waals surface area contributed by atoms with Crippen LogP contribution in [0.3, 0.4) is 0 Å². The Kier molecular flexibility index (Phi) is 6.00. The Balaban J connectivity index is 0.00000259. The van der Waals surface area contributed by atoms with Gasteiger partial charge in [-0.25, -0.2) is 4.98 Å². The Morgan fingerprint density at radius 3 is 2.82 bits per heavy atom. The molecule has 0 aliphatic carbocycles. The van der Waals surface area contributed by atoms with Gasteiger partial charge in [0.05, 0.1) is 17.6 Å². The average Bonchev–Trinajstić information content (AvgIpc) is 3.38. The van der Waals surface area contributed by atoms with E-state index in [-0.39, 0.29) is 25.7 Å². The van der Waals surface area contributed by atoms with Gasteiger partial charge in [-0.2, -0.15) is 0 Å². The van der Waals surface area contributed by atoms with E-state index in [4.69, 9.17) is 9.15 Å². The molecule has 2 aliphatic rings. The van der Waals surface area contributed by atoms with Crippen molar-refractivity contribution in [2.45, 2.75) is 33.2 Å². The maximum absolute atomic E-state index is 13.0. The highest BCUT2D eigenvalue weighted by Crippen LogP contribution is 2.39. The number of anilines is 1. The molecule has 33 heavy (non-hydrogen) atoms. The lowest BCUT2D eigenvalue weighted by Crippen LogP contribution is -2.49. The van der Waals surface area contributed by atoms with E-state index in [1.165, 1.54) is 11.1 Å². The Morgan fingerprint density at radius 1 is 1.24 bits per heavy atom. The molecule has 1 N–H and O–H groups in total. The second kappa shape index (κ2) is 8.90. The topological polar surface area (TPSA) is 97.0 Å². The number of carbonyl (C=O) groups excluding carboxylic acids is 2. The monoisotopic (exact) mass is 446 g/mol. The highest BCUT2D eigenvalue weighted by Gasteiger charge is 2.32. The van der Waals surface area contributed by atoms with Crippen LogP contribution in [0.5, 0.6) is 5.75 Å². The SMILES string of the molecule is C.CC1=Nc2cc3c(cc2C1)OC[C@H](NC(=O)c1cnc(Cc2ccccc2)o1)C(=O)N3C. The Hall–Kier alpha value is -3.94. The summed E-state index contributed by atoms with van der Waals surface area (Å²) in [7, 11) is 1.67. The normalized spacial score (nSPS) is 16.7. The van der Waals surface area contributed by atoms with Crippen LogP contribution in [-0.2, 0) is 17.6 Å². The molecule has 3 heterocycles. The van der Waals surface area contributed by atoms with Crippen molar-refractivity contribution in [1.29, 1.82) is 0 Å². The van der Waals surface area contributed by atoms with Gasteiger partial charge in [0.1, 0.15) is 18.4 Å². The van der Waals surface area contributed by atoms with Crippen molar-refractivity contribution in [1.82, 2.24) is 10.3 Å². The Morgan fingerprint density at radius 2 is 2.03 bits per heavy atom. The van der Waals surface area contributed by atoms with E-state index in [1.54, 1.807) is 7.05 Å². The summed E-state index contributed by atoms with van der Waals surface area (Å²) in [5.74, 6) is 0.295. The molecule has 0 fully saturated rings. The molecule has 5 rings (SSSR count). The summed E-state index contributed by atoms with van der Waals surface area (Å²) in [6.45, 7) is 1.99. The number of nitrogens with zero attached hydrogens (tertiary/aromatic N) is 3. The smallest absolute Gasteiger partial charge is 0.289 e. The Labute approximate surface area is 192 Å². The number of fused-ring (bicyclic) bond motifs is 2. The summed E-state index contributed by atoms with van der Waals surface area (Å²) in [6.07, 6.45) is 2.61. The number of hydrogen-bond donors (Lipinski definition) is 1. The standard InChI is InChI=1S/C24H22N4O4.CH4/c1-14-8-16-10-20-19(11-17(16)26-14)28(2)24(30)18(13-31-20)27-23(29)21-12-25-22(32-21)9-15-6-4-3-5-7-15;/h3-7,10-12,18H,8-9,13H2,1-2H3,(H,27,29);1H4/t18-;/m0./s1. The molecule has 8 nitrogen and oxygen atoms in total. The maximum atomic E-state index is 13.0. The van der Waals surface area contributed by atoms with Crippen LogP contribution in [-0.4, -0.2) is 42.2 Å². The zero-order valence-corrected chi connectivity index (χ0v) is 17.8. The van der Waals surface area contributed by atoms with E-state index in [9.17, 15) is 9.59 Å². The molecule has 0 spiro atoms. The highest BCUT2D eigenvalue weighted by atomic mass is 16.5. The van der Waals surface area contributed by atoms with Crippen molar-refractivity contribution in [3.05, 3.63) is 71.4 Å². The number of likely N-dealkylation sites (N-methyl/N-ethyl adjacent to an activating group) is 1. The second-order valence-corrected chi connectivity index (χ2v) is 7.99. The molecule has 1 atom stereocenters. The molecule has 2 aromatic carbocycles. The predicted octanol–water partition coefficient (Wildman–Crippen LogP) is 3.70. The lowest BCUT2D eigenvalue weighted by atomic mass is 10.1. The molecule has 0 saturated carbocycles. The third-order valence-electron chi connectivity index (χ3n) is 5.59. The number of benzene rings is 2. The van der Waals surface area contributed by atoms with E-state index >= 15 is 0 Å². The van der Waals surface area contributed by atoms with E-state index in [2.05, 4.69) is 15.3 Å². The first-order chi connectivity index (χ1) is 15.5. The van der Waals surface area contributed by atoms with Gasteiger partial charge in [0.25, 0.3) is 11.8 Å². The van der Waals surface area contributed by atoms with Crippen molar-refractivity contribution >= 4 is 28.9 Å². The van der Waals surface area contributed by atoms with Crippen molar-refractivity contribution in [3.8, 4) is 5.75 Å². The summed E-state index contributed by atoms with van der Waals surface area (Å²) in [4.78, 5) is 36.0. The van der Waals surface area contributed by atoms with Gasteiger partial charge in [0.15, 0.2) is 5.89 Å². The van der Waals surface area contributed by atoms with Crippen molar-refractivity contribution in [3.63, 3.8) is 0 Å². The van der Waals surface area contributed by atoms with Gasteiger partial charge >= 0.3 is 0 Å². The number of oxazole rings is 1. The molecule has 8 heteroatoms. The molecule has 0 saturated heterocycles. The molecule has 0 radical (unpaired) electrons. The zero-order chi connectivity index (χ0) is 22.2. The molecule has 2 aliphatic heterocycles. The number of aliphatic imine (C=N–C) groups is 1. The molecule has 3 aromatic rings. The first kappa shape index (κ1) is 22.3. The third kappa shape index (κ3) is 4.37. The summed E-state index contributed by atoms with van der Waals surface area (Å²) in [5.41, 5.74) is 4.60. The summed E-state index contributed by atoms with van der Waals surface area (Å²) < 4.78 is 11.5. The Bertz CT molecular complexity index is 1230. The number of carbonyl (C=O) groups is 2. The van der Waals surface area contributed by atoms with Crippen LogP contribution in [0.2, 0.25) is 0 Å². The largest absolute Gasteiger partial charge is 0.489 e. The molecule has 0 bridgehead atoms. The van der Waals surface area contributed by atoms with Crippen LogP contribution in [0, 0.1) is 0 Å². The maximum Gasteiger partial charge on any atom is 0.289 e. The third-order valence-corrected chi connectivity index (χ3v) is 5.59. The minimum Gasteiger partial charge on any atom is -0.489 e. The van der Waals surface area contributed by atoms with Crippen molar-refractivity contribution in [2.75, 3.05) is 18.6 Å². The molecule has 1 aromatic heterocycles. The van der Waals surface area contributed by atoms with Crippen molar-refractivity contribution in [2.24, 2.45) is 4.99 Å². The van der Waals surface area contributed by atoms with Crippen LogP contribution < -0.4 is 15.0 Å². The fourth-order valence-corrected chi connectivity index (χ4v) is 3.94. The number of ether oxygens (including phenoxy) is 1. The first-order valence-corrected chi connectivity index (χ1v) is 10.4. The second-order valence-electron chi connectivity index (χ2n) is 7.99. The van der Waals surface area contributed by atoms with Gasteiger partial charge < -0.3 is 19.4 Å². The lowest BCUT2D eigenvalue weighted by Gasteiger charge is -2.20. The van der Waals surface area contributed by atoms with Gasteiger partial charge in [-0.05, 0) is 30.2 Å². The fraction of sp³-hybridized carbons (Fsp3) is 0.280. The predicted molar refractivity (Wildman–Crippen MR) is 126 cm³/mol. The summed E-state index contributed by atoms with van der Waals surface area (Å²) in [5, 5.41) is 2.72. The van der Waals surface area contributed by atoms with Crippen LogP contribution in [0.4, 0.5) is 11.4 Å². The van der Waals surface area contributed by atoms with Gasteiger partial charge in [-0.15, -0.1) is 0 Å². The van der Waals surface area contributed by atoms with Crippen LogP contribution in [0.1, 0.15) is 41.9 Å². The summed E-state index contributed by atoms with van der Waals surface area (Å²) in [6, 6.07) is 12.6. The zero-order valence-electron chi connectivity index (χ0n) is 17.8. The lowest BCUT2D eigenvalue weighted by molar-refractivity contribution is -0.120. The van der Waals surface area contributed by atoms with E-state index in [1.807, 2.05) is 49.4 Å². The number of nitrogens with one attached hydrogen (secondary N) is 1. The number of hydrogen-bond acceptors (Lipinski definition) is 6. The van der Waals surface area contributed by atoms with Gasteiger partial charge in [-0.3, -0.25) is 14.6 Å². The molecule has 2 amide bonds. The minimum atomic E-state index is -0.859. The van der Waals surface area contributed by atoms with Gasteiger partial charge in [0, 0.05) is 25.6 Å². The molecular weight excluding hydrogens is 420 g/mol. The minimum absolute atomic E-state index is 0. The number of amides is 2. The number of aromatic nitrogens is 1. The van der Waals surface area contributed by atoms with Gasteiger partial charge in [-0.1, -0.05) is 37.8 Å². The van der Waals surface area contributed by atoms with Gasteiger partial charge in [0.2, 0.25) is 5.76 Å². The quantitative estimate of drug-likeness (QED) is 0.659. The van der Waals surface area contributed by atoms with Crippen LogP contribution in [0.25, 0.3) is 0 Å². The molecule has 170 valence electrons.